The van der Waals surface area contributed by atoms with Gasteiger partial charge in [0.15, 0.2) is 0 Å². The summed E-state index contributed by atoms with van der Waals surface area (Å²) in [6.07, 6.45) is 0.687. The summed E-state index contributed by atoms with van der Waals surface area (Å²) in [4.78, 5) is 10.5. The van der Waals surface area contributed by atoms with Crippen molar-refractivity contribution in [1.82, 2.24) is 0 Å². The normalized spacial score (nSPS) is 10.2. The number of Topliss-reactive ketones (excluding diaryl/α,β-unsaturated/α-hetero) is 1. The fourth-order valence-corrected chi connectivity index (χ4v) is 0.747. The molecule has 0 spiro atoms. The third-order valence-corrected chi connectivity index (χ3v) is 0.779. The summed E-state index contributed by atoms with van der Waals surface area (Å²) >= 11 is 0. The van der Waals surface area contributed by atoms with E-state index in [0.717, 1.165) is 0 Å². The minimum atomic E-state index is 0. The summed E-state index contributed by atoms with van der Waals surface area (Å²) in [7, 11) is 0. The van der Waals surface area contributed by atoms with Gasteiger partial charge in [-0.3, -0.25) is 0 Å². The van der Waals surface area contributed by atoms with Crippen molar-refractivity contribution in [2.75, 3.05) is 0 Å². The molecule has 0 rings (SSSR count). The molecule has 0 heterocycles. The van der Waals surface area contributed by atoms with Crippen molar-refractivity contribution < 1.29 is 27.2 Å². The van der Waals surface area contributed by atoms with Crippen LogP contribution in [-0.2, 0) is 27.2 Å². The Hall–Kier alpha value is 0.410. The second-order valence-corrected chi connectivity index (χ2v) is 3.44. The molecule has 1 radical (unpaired) electrons. The van der Waals surface area contributed by atoms with E-state index >= 15 is 0 Å². The molecule has 0 saturated heterocycles. The van der Waals surface area contributed by atoms with Crippen LogP contribution in [-0.4, -0.2) is 5.78 Å². The Kier molecular flexibility index (Phi) is 5.74. The van der Waals surface area contributed by atoms with Crippen LogP contribution in [0.1, 0.15) is 34.1 Å². The molecule has 0 aromatic rings. The number of rotatable bonds is 1. The Morgan fingerprint density at radius 1 is 1.33 bits per heavy atom. The topological polar surface area (TPSA) is 17.1 Å². The van der Waals surface area contributed by atoms with Crippen LogP contribution in [0.4, 0.5) is 0 Å². The molecule has 0 N–H and O–H groups in total. The quantitative estimate of drug-likeness (QED) is 0.677. The molecule has 0 aliphatic rings. The fraction of sp³-hybridized carbons (Fsp3) is 0.857. The predicted octanol–water partition coefficient (Wildman–Crippen LogP) is 2.01. The smallest absolute Gasteiger partial charge is 0.130 e. The van der Waals surface area contributed by atoms with Crippen LogP contribution >= 0.6 is 0 Å². The standard InChI is InChI=1S/C7H14O.Au/c1-6(8)5-7(2,3)4;/h5H2,1-4H3;. The number of carbonyl (C=O) groups excluding carboxylic acids is 1. The van der Waals surface area contributed by atoms with Gasteiger partial charge < -0.3 is 4.79 Å². The maximum atomic E-state index is 10.5. The first-order valence-electron chi connectivity index (χ1n) is 2.91. The molecule has 59 valence electrons. The van der Waals surface area contributed by atoms with Crippen LogP contribution < -0.4 is 0 Å². The molecule has 1 nitrogen and oxygen atoms in total. The minimum Gasteiger partial charge on any atom is -0.300 e. The zero-order chi connectivity index (χ0) is 6.78. The van der Waals surface area contributed by atoms with Crippen LogP contribution in [0.2, 0.25) is 0 Å². The van der Waals surface area contributed by atoms with Crippen molar-refractivity contribution in [2.24, 2.45) is 5.41 Å². The Labute approximate surface area is 72.7 Å². The van der Waals surface area contributed by atoms with E-state index in [1.54, 1.807) is 6.92 Å². The van der Waals surface area contributed by atoms with Crippen LogP contribution in [0, 0.1) is 5.41 Å². The molecule has 0 aliphatic heterocycles. The molecule has 0 unspecified atom stereocenters. The molecule has 0 bridgehead atoms. The van der Waals surface area contributed by atoms with Crippen molar-refractivity contribution >= 4 is 5.78 Å². The number of hydrogen-bond donors (Lipinski definition) is 0. The molecule has 0 aliphatic carbocycles. The van der Waals surface area contributed by atoms with E-state index < -0.39 is 0 Å². The van der Waals surface area contributed by atoms with Crippen molar-refractivity contribution in [3.63, 3.8) is 0 Å². The molecular formula is C7H14AuO. The number of ketones is 1. The molecule has 0 atom stereocenters. The summed E-state index contributed by atoms with van der Waals surface area (Å²) in [6.45, 7) is 7.82. The van der Waals surface area contributed by atoms with E-state index in [4.69, 9.17) is 0 Å². The predicted molar refractivity (Wildman–Crippen MR) is 34.8 cm³/mol. The maximum absolute atomic E-state index is 10.5. The van der Waals surface area contributed by atoms with Gasteiger partial charge in [0.2, 0.25) is 0 Å². The van der Waals surface area contributed by atoms with Crippen molar-refractivity contribution in [2.45, 2.75) is 34.1 Å². The van der Waals surface area contributed by atoms with Gasteiger partial charge in [-0.1, -0.05) is 20.8 Å². The summed E-state index contributed by atoms with van der Waals surface area (Å²) in [5.41, 5.74) is 0.172. The molecule has 0 fully saturated rings. The monoisotopic (exact) mass is 311 g/mol. The van der Waals surface area contributed by atoms with Crippen LogP contribution in [0.3, 0.4) is 0 Å². The van der Waals surface area contributed by atoms with E-state index in [0.29, 0.717) is 6.42 Å². The largest absolute Gasteiger partial charge is 0.300 e. The summed E-state index contributed by atoms with van der Waals surface area (Å²) < 4.78 is 0. The molecule has 2 heteroatoms. The van der Waals surface area contributed by atoms with Crippen molar-refractivity contribution in [3.8, 4) is 0 Å². The summed E-state index contributed by atoms with van der Waals surface area (Å²) in [5.74, 6) is 0.275. The third kappa shape index (κ3) is 11.8. The average Bonchev–Trinajstić information content (AvgIpc) is 1.21. The van der Waals surface area contributed by atoms with E-state index in [2.05, 4.69) is 20.8 Å². The summed E-state index contributed by atoms with van der Waals surface area (Å²) in [6, 6.07) is 0. The van der Waals surface area contributed by atoms with E-state index in [9.17, 15) is 4.79 Å². The Morgan fingerprint density at radius 2 is 1.67 bits per heavy atom. The van der Waals surface area contributed by atoms with Gasteiger partial charge in [-0.25, -0.2) is 0 Å². The summed E-state index contributed by atoms with van der Waals surface area (Å²) in [5, 5.41) is 0. The van der Waals surface area contributed by atoms with Crippen LogP contribution in [0.15, 0.2) is 0 Å². The fourth-order valence-electron chi connectivity index (χ4n) is 0.747. The number of carbonyl (C=O) groups is 1. The van der Waals surface area contributed by atoms with Crippen LogP contribution in [0.5, 0.6) is 0 Å². The molecule has 0 aromatic heterocycles. The maximum Gasteiger partial charge on any atom is 0.130 e. The van der Waals surface area contributed by atoms with Crippen molar-refractivity contribution in [3.05, 3.63) is 0 Å². The molecular weight excluding hydrogens is 297 g/mol. The minimum absolute atomic E-state index is 0. The first-order valence-corrected chi connectivity index (χ1v) is 2.91. The molecule has 9 heavy (non-hydrogen) atoms. The first kappa shape index (κ1) is 12.1. The van der Waals surface area contributed by atoms with Gasteiger partial charge in [0, 0.05) is 28.8 Å². The second kappa shape index (κ2) is 4.26. The van der Waals surface area contributed by atoms with Crippen LogP contribution in [0.25, 0.3) is 0 Å². The molecule has 0 aromatic carbocycles. The van der Waals surface area contributed by atoms with Gasteiger partial charge in [0.25, 0.3) is 0 Å². The molecule has 0 saturated carbocycles. The SMILES string of the molecule is CC(=O)CC(C)(C)C.[Au]. The van der Waals surface area contributed by atoms with E-state index in [-0.39, 0.29) is 33.6 Å². The molecule has 0 amide bonds. The van der Waals surface area contributed by atoms with E-state index in [1.165, 1.54) is 0 Å². The second-order valence-electron chi connectivity index (χ2n) is 3.44. The van der Waals surface area contributed by atoms with Crippen molar-refractivity contribution in [1.29, 1.82) is 0 Å². The number of hydrogen-bond acceptors (Lipinski definition) is 1. The van der Waals surface area contributed by atoms with Gasteiger partial charge in [-0.05, 0) is 12.3 Å². The Bertz CT molecular complexity index is 91.6. The van der Waals surface area contributed by atoms with Gasteiger partial charge in [-0.2, -0.15) is 0 Å². The average molecular weight is 311 g/mol. The Morgan fingerprint density at radius 3 is 1.67 bits per heavy atom. The van der Waals surface area contributed by atoms with Gasteiger partial charge >= 0.3 is 0 Å². The zero-order valence-electron chi connectivity index (χ0n) is 6.42. The first-order chi connectivity index (χ1) is 3.42. The van der Waals surface area contributed by atoms with Gasteiger partial charge in [0.1, 0.15) is 5.78 Å². The van der Waals surface area contributed by atoms with E-state index in [1.807, 2.05) is 0 Å². The third-order valence-electron chi connectivity index (χ3n) is 0.779. The zero-order valence-corrected chi connectivity index (χ0v) is 8.58. The van der Waals surface area contributed by atoms with Gasteiger partial charge in [-0.15, -0.1) is 0 Å². The van der Waals surface area contributed by atoms with Gasteiger partial charge in [0.05, 0.1) is 0 Å². The Balaban J connectivity index is 0.